The Kier molecular flexibility index (Phi) is 3.55. The van der Waals surface area contributed by atoms with Crippen LogP contribution in [-0.4, -0.2) is 18.2 Å². The van der Waals surface area contributed by atoms with E-state index >= 15 is 0 Å². The predicted molar refractivity (Wildman–Crippen MR) is 77.3 cm³/mol. The number of halogens is 1. The normalized spacial score (nSPS) is 11.5. The largest absolute Gasteiger partial charge is 0.399 e. The maximum absolute atomic E-state index is 12.3. The summed E-state index contributed by atoms with van der Waals surface area (Å²) in [5.74, 6) is 0. The number of hydrogen-bond acceptors (Lipinski definition) is 4. The zero-order valence-corrected chi connectivity index (χ0v) is 12.8. The van der Waals surface area contributed by atoms with Gasteiger partial charge in [0, 0.05) is 23.4 Å². The van der Waals surface area contributed by atoms with Gasteiger partial charge < -0.3 is 5.73 Å². The zero-order valence-electron chi connectivity index (χ0n) is 10.4. The van der Waals surface area contributed by atoms with E-state index in [9.17, 15) is 8.42 Å². The summed E-state index contributed by atoms with van der Waals surface area (Å²) in [7, 11) is -1.98. The van der Waals surface area contributed by atoms with Crippen LogP contribution in [0.1, 0.15) is 5.69 Å². The molecule has 0 radical (unpaired) electrons. The van der Waals surface area contributed by atoms with E-state index in [1.54, 1.807) is 37.0 Å². The van der Waals surface area contributed by atoms with Crippen LogP contribution < -0.4 is 10.5 Å². The van der Waals surface area contributed by atoms with Crippen molar-refractivity contribution in [2.24, 2.45) is 7.05 Å². The van der Waals surface area contributed by atoms with Crippen LogP contribution in [0.5, 0.6) is 0 Å². The minimum atomic E-state index is -3.71. The van der Waals surface area contributed by atoms with Crippen molar-refractivity contribution in [3.63, 3.8) is 0 Å². The summed E-state index contributed by atoms with van der Waals surface area (Å²) >= 11 is 3.21. The summed E-state index contributed by atoms with van der Waals surface area (Å²) in [6.45, 7) is 1.73. The van der Waals surface area contributed by atoms with E-state index in [2.05, 4.69) is 25.8 Å². The maximum Gasteiger partial charge on any atom is 0.263 e. The zero-order chi connectivity index (χ0) is 14.2. The quantitative estimate of drug-likeness (QED) is 0.831. The van der Waals surface area contributed by atoms with Gasteiger partial charge in [0.1, 0.15) is 4.90 Å². The molecule has 2 rings (SSSR count). The molecule has 102 valence electrons. The van der Waals surface area contributed by atoms with Crippen molar-refractivity contribution in [1.82, 2.24) is 9.78 Å². The van der Waals surface area contributed by atoms with Gasteiger partial charge in [-0.1, -0.05) is 0 Å². The molecule has 8 heteroatoms. The fourth-order valence-electron chi connectivity index (χ4n) is 1.63. The first-order chi connectivity index (χ1) is 8.79. The number of nitrogen functional groups attached to an aromatic ring is 1. The van der Waals surface area contributed by atoms with Gasteiger partial charge in [0.15, 0.2) is 0 Å². The third-order valence-corrected chi connectivity index (χ3v) is 4.86. The average Bonchev–Trinajstić information content (AvgIpc) is 2.60. The Bertz CT molecular complexity index is 724. The Hall–Kier alpha value is -1.54. The number of anilines is 2. The van der Waals surface area contributed by atoms with Crippen molar-refractivity contribution in [3.05, 3.63) is 34.6 Å². The lowest BCUT2D eigenvalue weighted by Crippen LogP contribution is -2.14. The highest BCUT2D eigenvalue weighted by atomic mass is 79.9. The molecule has 0 amide bonds. The second kappa shape index (κ2) is 4.86. The van der Waals surface area contributed by atoms with Crippen molar-refractivity contribution >= 4 is 37.3 Å². The number of benzene rings is 1. The van der Waals surface area contributed by atoms with E-state index in [1.807, 2.05) is 0 Å². The molecule has 1 aromatic heterocycles. The number of nitrogens with two attached hydrogens (primary N) is 1. The van der Waals surface area contributed by atoms with E-state index in [0.717, 1.165) is 0 Å². The lowest BCUT2D eigenvalue weighted by molar-refractivity contribution is 0.600. The van der Waals surface area contributed by atoms with Crippen LogP contribution in [0.15, 0.2) is 33.8 Å². The molecule has 1 aromatic carbocycles. The van der Waals surface area contributed by atoms with Crippen LogP contribution >= 0.6 is 15.9 Å². The van der Waals surface area contributed by atoms with Gasteiger partial charge in [0.05, 0.1) is 11.4 Å². The van der Waals surface area contributed by atoms with Crippen molar-refractivity contribution in [2.45, 2.75) is 11.8 Å². The average molecular weight is 345 g/mol. The minimum Gasteiger partial charge on any atom is -0.399 e. The Morgan fingerprint density at radius 3 is 2.68 bits per heavy atom. The third-order valence-electron chi connectivity index (χ3n) is 2.50. The SMILES string of the molecule is Cc1nn(C)cc1NS(=O)(=O)c1cc(N)ccc1Br. The molecular formula is C11H13BrN4O2S. The molecule has 0 aliphatic rings. The molecule has 0 spiro atoms. The monoisotopic (exact) mass is 344 g/mol. The first kappa shape index (κ1) is 13.9. The first-order valence-electron chi connectivity index (χ1n) is 5.37. The molecule has 6 nitrogen and oxygen atoms in total. The Balaban J connectivity index is 2.43. The van der Waals surface area contributed by atoms with Crippen molar-refractivity contribution in [1.29, 1.82) is 0 Å². The van der Waals surface area contributed by atoms with Crippen LogP contribution in [0.3, 0.4) is 0 Å². The van der Waals surface area contributed by atoms with Gasteiger partial charge in [-0.05, 0) is 41.1 Å². The lowest BCUT2D eigenvalue weighted by atomic mass is 10.3. The Morgan fingerprint density at radius 1 is 1.42 bits per heavy atom. The van der Waals surface area contributed by atoms with E-state index in [-0.39, 0.29) is 4.90 Å². The highest BCUT2D eigenvalue weighted by molar-refractivity contribution is 9.10. The van der Waals surface area contributed by atoms with Crippen molar-refractivity contribution < 1.29 is 8.42 Å². The van der Waals surface area contributed by atoms with Gasteiger partial charge in [-0.25, -0.2) is 8.42 Å². The second-order valence-corrected chi connectivity index (χ2v) is 6.60. The van der Waals surface area contributed by atoms with Crippen LogP contribution in [0.2, 0.25) is 0 Å². The van der Waals surface area contributed by atoms with E-state index in [0.29, 0.717) is 21.5 Å². The molecular weight excluding hydrogens is 332 g/mol. The molecule has 0 saturated carbocycles. The topological polar surface area (TPSA) is 90.0 Å². The fourth-order valence-corrected chi connectivity index (χ4v) is 3.73. The summed E-state index contributed by atoms with van der Waals surface area (Å²) < 4.78 is 29.1. The number of sulfonamides is 1. The van der Waals surface area contributed by atoms with Gasteiger partial charge in [0.2, 0.25) is 0 Å². The Labute approximate surface area is 119 Å². The predicted octanol–water partition coefficient (Wildman–Crippen LogP) is 1.87. The standard InChI is InChI=1S/C11H13BrN4O2S/c1-7-10(6-16(2)14-7)15-19(17,18)11-5-8(13)3-4-9(11)12/h3-6,15H,13H2,1-2H3. The molecule has 0 saturated heterocycles. The summed E-state index contributed by atoms with van der Waals surface area (Å²) in [5, 5.41) is 4.08. The number of rotatable bonds is 3. The smallest absolute Gasteiger partial charge is 0.263 e. The van der Waals surface area contributed by atoms with Crippen molar-refractivity contribution in [3.8, 4) is 0 Å². The van der Waals surface area contributed by atoms with Crippen LogP contribution in [-0.2, 0) is 17.1 Å². The number of hydrogen-bond donors (Lipinski definition) is 2. The van der Waals surface area contributed by atoms with Crippen LogP contribution in [0.4, 0.5) is 11.4 Å². The molecule has 0 fully saturated rings. The summed E-state index contributed by atoms with van der Waals surface area (Å²) in [6.07, 6.45) is 1.60. The molecule has 0 bridgehead atoms. The van der Waals surface area contributed by atoms with E-state index in [4.69, 9.17) is 5.73 Å². The lowest BCUT2D eigenvalue weighted by Gasteiger charge is -2.09. The van der Waals surface area contributed by atoms with Gasteiger partial charge in [-0.3, -0.25) is 9.40 Å². The van der Waals surface area contributed by atoms with Gasteiger partial charge in [-0.2, -0.15) is 5.10 Å². The number of aromatic nitrogens is 2. The van der Waals surface area contributed by atoms with Gasteiger partial charge in [-0.15, -0.1) is 0 Å². The van der Waals surface area contributed by atoms with Crippen LogP contribution in [0.25, 0.3) is 0 Å². The highest BCUT2D eigenvalue weighted by Gasteiger charge is 2.19. The molecule has 0 atom stereocenters. The molecule has 0 unspecified atom stereocenters. The first-order valence-corrected chi connectivity index (χ1v) is 7.65. The minimum absolute atomic E-state index is 0.0933. The second-order valence-electron chi connectivity index (χ2n) is 4.10. The molecule has 0 aliphatic carbocycles. The number of nitrogens with one attached hydrogen (secondary N) is 1. The van der Waals surface area contributed by atoms with Crippen LogP contribution in [0, 0.1) is 6.92 Å². The Morgan fingerprint density at radius 2 is 2.11 bits per heavy atom. The number of nitrogens with zero attached hydrogens (tertiary/aromatic N) is 2. The molecule has 0 aliphatic heterocycles. The molecule has 1 heterocycles. The van der Waals surface area contributed by atoms with E-state index < -0.39 is 10.0 Å². The molecule has 3 N–H and O–H groups in total. The molecule has 2 aromatic rings. The molecule has 19 heavy (non-hydrogen) atoms. The van der Waals surface area contributed by atoms with E-state index in [1.165, 1.54) is 6.07 Å². The fraction of sp³-hybridized carbons (Fsp3) is 0.182. The van der Waals surface area contributed by atoms with Gasteiger partial charge >= 0.3 is 0 Å². The number of aryl methyl sites for hydroxylation is 2. The van der Waals surface area contributed by atoms with Gasteiger partial charge in [0.25, 0.3) is 10.0 Å². The van der Waals surface area contributed by atoms with Crippen molar-refractivity contribution in [2.75, 3.05) is 10.5 Å². The maximum atomic E-state index is 12.3. The summed E-state index contributed by atoms with van der Waals surface area (Å²) in [4.78, 5) is 0.0933. The highest BCUT2D eigenvalue weighted by Crippen LogP contribution is 2.26. The summed E-state index contributed by atoms with van der Waals surface area (Å²) in [6, 6.07) is 4.62. The third kappa shape index (κ3) is 2.90. The summed E-state index contributed by atoms with van der Waals surface area (Å²) in [5.41, 5.74) is 7.05.